The summed E-state index contributed by atoms with van der Waals surface area (Å²) in [4.78, 5) is 10.5. The van der Waals surface area contributed by atoms with E-state index in [0.29, 0.717) is 0 Å². The van der Waals surface area contributed by atoms with Crippen molar-refractivity contribution < 1.29 is 40.1 Å². The van der Waals surface area contributed by atoms with Crippen molar-refractivity contribution in [3.8, 4) is 5.75 Å². The lowest BCUT2D eigenvalue weighted by Crippen LogP contribution is -2.28. The number of benzene rings is 1. The van der Waals surface area contributed by atoms with E-state index < -0.39 is 33.1 Å². The molecule has 108 valence electrons. The standard InChI is InChI=1S/C10H5F3O6S/c11-10(12,13)20(16,17)19-6-1-2-7-5(3-6)4-8(18-7)9(14)15/h1-4H,(H,14,15)/p-1. The van der Waals surface area contributed by atoms with Crippen LogP contribution < -0.4 is 9.29 Å². The topological polar surface area (TPSA) is 96.6 Å². The Bertz CT molecular complexity index is 774. The Morgan fingerprint density at radius 2 is 1.90 bits per heavy atom. The minimum atomic E-state index is -5.79. The van der Waals surface area contributed by atoms with Gasteiger partial charge in [-0.05, 0) is 24.3 Å². The first-order valence-electron chi connectivity index (χ1n) is 4.86. The molecule has 0 fully saturated rings. The third-order valence-electron chi connectivity index (χ3n) is 2.18. The van der Waals surface area contributed by atoms with Crippen molar-refractivity contribution in [3.05, 3.63) is 30.0 Å². The lowest BCUT2D eigenvalue weighted by atomic mass is 10.2. The van der Waals surface area contributed by atoms with Crippen LogP contribution in [0.3, 0.4) is 0 Å². The lowest BCUT2D eigenvalue weighted by molar-refractivity contribution is -0.257. The quantitative estimate of drug-likeness (QED) is 0.620. The van der Waals surface area contributed by atoms with Gasteiger partial charge >= 0.3 is 15.6 Å². The van der Waals surface area contributed by atoms with Gasteiger partial charge in [-0.15, -0.1) is 0 Å². The van der Waals surface area contributed by atoms with Crippen LogP contribution in [0.15, 0.2) is 28.7 Å². The van der Waals surface area contributed by atoms with Crippen molar-refractivity contribution >= 4 is 27.1 Å². The van der Waals surface area contributed by atoms with Gasteiger partial charge in [0, 0.05) is 5.39 Å². The van der Waals surface area contributed by atoms with Gasteiger partial charge in [0.1, 0.15) is 17.3 Å². The normalized spacial score (nSPS) is 12.6. The highest BCUT2D eigenvalue weighted by Gasteiger charge is 2.48. The third kappa shape index (κ3) is 2.54. The molecule has 2 rings (SSSR count). The van der Waals surface area contributed by atoms with Gasteiger partial charge in [0.25, 0.3) is 0 Å². The number of carboxylic acid groups (broad SMARTS) is 1. The molecule has 20 heavy (non-hydrogen) atoms. The molecule has 0 aliphatic carbocycles. The molecule has 0 saturated heterocycles. The maximum absolute atomic E-state index is 12.1. The van der Waals surface area contributed by atoms with E-state index in [9.17, 15) is 31.5 Å². The highest BCUT2D eigenvalue weighted by atomic mass is 32.2. The van der Waals surface area contributed by atoms with Crippen molar-refractivity contribution in [3.63, 3.8) is 0 Å². The molecule has 1 heterocycles. The molecule has 0 saturated carbocycles. The molecule has 0 spiro atoms. The predicted octanol–water partition coefficient (Wildman–Crippen LogP) is 1.02. The van der Waals surface area contributed by atoms with Gasteiger partial charge in [0.2, 0.25) is 0 Å². The second-order valence-electron chi connectivity index (χ2n) is 3.58. The van der Waals surface area contributed by atoms with Gasteiger partial charge in [0.05, 0.1) is 0 Å². The molecule has 0 atom stereocenters. The zero-order valence-corrected chi connectivity index (χ0v) is 10.1. The molecule has 0 aliphatic rings. The van der Waals surface area contributed by atoms with Gasteiger partial charge in [-0.1, -0.05) is 0 Å². The Morgan fingerprint density at radius 1 is 1.25 bits per heavy atom. The largest absolute Gasteiger partial charge is 0.542 e. The Morgan fingerprint density at radius 3 is 2.45 bits per heavy atom. The Hall–Kier alpha value is -2.23. The molecule has 0 radical (unpaired) electrons. The fourth-order valence-electron chi connectivity index (χ4n) is 1.35. The fourth-order valence-corrected chi connectivity index (χ4v) is 1.80. The van der Waals surface area contributed by atoms with Crippen LogP contribution in [-0.4, -0.2) is 19.9 Å². The number of rotatable bonds is 3. The molecular formula is C10H4F3O6S-. The maximum atomic E-state index is 12.1. The summed E-state index contributed by atoms with van der Waals surface area (Å²) in [7, 11) is -5.79. The fraction of sp³-hybridized carbons (Fsp3) is 0.100. The van der Waals surface area contributed by atoms with Crippen molar-refractivity contribution in [2.75, 3.05) is 0 Å². The second-order valence-corrected chi connectivity index (χ2v) is 5.12. The molecule has 0 unspecified atom stereocenters. The number of aromatic carboxylic acids is 1. The molecule has 0 N–H and O–H groups in total. The number of carbonyl (C=O) groups excluding carboxylic acids is 1. The zero-order chi connectivity index (χ0) is 15.1. The van der Waals surface area contributed by atoms with Crippen LogP contribution in [0.25, 0.3) is 11.0 Å². The zero-order valence-electron chi connectivity index (χ0n) is 9.30. The van der Waals surface area contributed by atoms with E-state index in [0.717, 1.165) is 24.3 Å². The molecule has 0 amide bonds. The molecule has 0 bridgehead atoms. The summed E-state index contributed by atoms with van der Waals surface area (Å²) in [6.07, 6.45) is 0. The van der Waals surface area contributed by atoms with Crippen molar-refractivity contribution in [1.29, 1.82) is 0 Å². The number of alkyl halides is 3. The van der Waals surface area contributed by atoms with Crippen LogP contribution in [0.4, 0.5) is 13.2 Å². The Kier molecular flexibility index (Phi) is 3.12. The minimum Gasteiger partial charge on any atom is -0.542 e. The molecule has 6 nitrogen and oxygen atoms in total. The molecule has 10 heteroatoms. The highest BCUT2D eigenvalue weighted by Crippen LogP contribution is 2.29. The first-order valence-corrected chi connectivity index (χ1v) is 6.27. The van der Waals surface area contributed by atoms with Gasteiger partial charge in [-0.25, -0.2) is 0 Å². The van der Waals surface area contributed by atoms with Gasteiger partial charge < -0.3 is 18.5 Å². The maximum Gasteiger partial charge on any atom is 0.534 e. The highest BCUT2D eigenvalue weighted by molar-refractivity contribution is 7.88. The number of fused-ring (bicyclic) bond motifs is 1. The van der Waals surface area contributed by atoms with E-state index in [4.69, 9.17) is 4.42 Å². The summed E-state index contributed by atoms with van der Waals surface area (Å²) in [6, 6.07) is 3.84. The first-order chi connectivity index (χ1) is 9.10. The Balaban J connectivity index is 2.40. The molecular weight excluding hydrogens is 305 g/mol. The average molecular weight is 309 g/mol. The van der Waals surface area contributed by atoms with E-state index >= 15 is 0 Å². The van der Waals surface area contributed by atoms with E-state index in [1.54, 1.807) is 0 Å². The van der Waals surface area contributed by atoms with Crippen LogP contribution in [0, 0.1) is 0 Å². The molecule has 2 aromatic rings. The van der Waals surface area contributed by atoms with Crippen molar-refractivity contribution in [2.24, 2.45) is 0 Å². The first kappa shape index (κ1) is 14.2. The monoisotopic (exact) mass is 309 g/mol. The average Bonchev–Trinajstić information content (AvgIpc) is 2.69. The van der Waals surface area contributed by atoms with Crippen molar-refractivity contribution in [2.45, 2.75) is 5.51 Å². The van der Waals surface area contributed by atoms with E-state index in [1.807, 2.05) is 0 Å². The van der Waals surface area contributed by atoms with Gasteiger partial charge in [-0.3, -0.25) is 0 Å². The number of halogens is 3. The van der Waals surface area contributed by atoms with E-state index in [1.165, 1.54) is 0 Å². The van der Waals surface area contributed by atoms with Crippen LogP contribution in [0.5, 0.6) is 5.75 Å². The molecule has 1 aromatic heterocycles. The number of furan rings is 1. The van der Waals surface area contributed by atoms with Gasteiger partial charge in [0.15, 0.2) is 5.76 Å². The summed E-state index contributed by atoms with van der Waals surface area (Å²) in [5.74, 6) is -2.79. The van der Waals surface area contributed by atoms with Crippen LogP contribution in [0.1, 0.15) is 10.6 Å². The molecule has 0 aliphatic heterocycles. The molecule has 1 aromatic carbocycles. The summed E-state index contributed by atoms with van der Waals surface area (Å²) in [5, 5.41) is 10.6. The smallest absolute Gasteiger partial charge is 0.534 e. The second kappa shape index (κ2) is 4.40. The van der Waals surface area contributed by atoms with Gasteiger partial charge in [-0.2, -0.15) is 21.6 Å². The summed E-state index contributed by atoms with van der Waals surface area (Å²) in [6.45, 7) is 0. The summed E-state index contributed by atoms with van der Waals surface area (Å²) in [5.41, 5.74) is -5.53. The van der Waals surface area contributed by atoms with Crippen LogP contribution in [-0.2, 0) is 10.1 Å². The third-order valence-corrected chi connectivity index (χ3v) is 3.16. The Labute approximate surface area is 109 Å². The van der Waals surface area contributed by atoms with E-state index in [-0.39, 0.29) is 11.0 Å². The predicted molar refractivity (Wildman–Crippen MR) is 56.1 cm³/mol. The summed E-state index contributed by atoms with van der Waals surface area (Å²) >= 11 is 0. The van der Waals surface area contributed by atoms with Crippen molar-refractivity contribution in [1.82, 2.24) is 0 Å². The number of carboxylic acids is 1. The number of hydrogen-bond acceptors (Lipinski definition) is 6. The minimum absolute atomic E-state index is 0.0287. The van der Waals surface area contributed by atoms with Crippen LogP contribution >= 0.6 is 0 Å². The van der Waals surface area contributed by atoms with Crippen LogP contribution in [0.2, 0.25) is 0 Å². The number of hydrogen-bond donors (Lipinski definition) is 0. The SMILES string of the molecule is O=C([O-])c1cc2cc(OS(=O)(=O)C(F)(F)F)ccc2o1. The number of carbonyl (C=O) groups is 1. The lowest BCUT2D eigenvalue weighted by Gasteiger charge is -2.08. The summed E-state index contributed by atoms with van der Waals surface area (Å²) < 4.78 is 66.6. The van der Waals surface area contributed by atoms with E-state index in [2.05, 4.69) is 4.18 Å².